The molecule has 85 heavy (non-hydrogen) atoms. The highest BCUT2D eigenvalue weighted by molar-refractivity contribution is 7.45. The number of nitrogens with zero attached hydrogens (tertiary/aromatic N) is 1. The number of phosphoric ester groups is 1. The molecule has 0 radical (unpaired) electrons. The lowest BCUT2D eigenvalue weighted by Crippen LogP contribution is -2.46. The van der Waals surface area contributed by atoms with Gasteiger partial charge in [0.15, 0.2) is 0 Å². The van der Waals surface area contributed by atoms with Crippen LogP contribution in [0.5, 0.6) is 0 Å². The number of unbranched alkanes of at least 4 members (excludes halogenated alkanes) is 34. The summed E-state index contributed by atoms with van der Waals surface area (Å²) in [5.41, 5.74) is 0. The molecule has 9 heteroatoms. The number of amides is 1. The lowest BCUT2D eigenvalue weighted by Gasteiger charge is -2.30. The molecule has 0 saturated heterocycles. The fourth-order valence-corrected chi connectivity index (χ4v) is 11.0. The van der Waals surface area contributed by atoms with E-state index in [4.69, 9.17) is 9.05 Å². The first-order valence-electron chi connectivity index (χ1n) is 35.7. The minimum absolute atomic E-state index is 0.00814. The van der Waals surface area contributed by atoms with Gasteiger partial charge in [-0.15, -0.1) is 0 Å². The van der Waals surface area contributed by atoms with Gasteiger partial charge in [0.05, 0.1) is 39.9 Å². The van der Waals surface area contributed by atoms with Crippen molar-refractivity contribution in [2.24, 2.45) is 0 Å². The van der Waals surface area contributed by atoms with E-state index in [2.05, 4.69) is 129 Å². The van der Waals surface area contributed by atoms with Crippen molar-refractivity contribution in [2.75, 3.05) is 40.9 Å². The van der Waals surface area contributed by atoms with E-state index in [1.54, 1.807) is 0 Å². The zero-order valence-corrected chi connectivity index (χ0v) is 57.2. The number of hydrogen-bond acceptors (Lipinski definition) is 6. The van der Waals surface area contributed by atoms with E-state index in [1.807, 2.05) is 21.1 Å². The van der Waals surface area contributed by atoms with Crippen LogP contribution in [-0.4, -0.2) is 68.5 Å². The Hall–Kier alpha value is -2.84. The number of aliphatic hydroxyl groups is 1. The molecule has 1 amide bonds. The number of likely N-dealkylation sites (N-methyl/N-ethyl adjacent to an activating group) is 1. The molecule has 2 N–H and O–H groups in total. The van der Waals surface area contributed by atoms with Gasteiger partial charge in [-0.2, -0.15) is 0 Å². The van der Waals surface area contributed by atoms with E-state index in [9.17, 15) is 19.4 Å². The van der Waals surface area contributed by atoms with E-state index < -0.39 is 20.0 Å². The second-order valence-electron chi connectivity index (χ2n) is 25.2. The van der Waals surface area contributed by atoms with Gasteiger partial charge in [0.1, 0.15) is 13.2 Å². The summed E-state index contributed by atoms with van der Waals surface area (Å²) in [5, 5.41) is 14.1. The van der Waals surface area contributed by atoms with Gasteiger partial charge in [0, 0.05) is 6.42 Å². The molecule has 0 aliphatic heterocycles. The summed E-state index contributed by atoms with van der Waals surface area (Å²) in [6.07, 6.45) is 95.9. The van der Waals surface area contributed by atoms with Crippen molar-refractivity contribution in [3.05, 3.63) is 109 Å². The van der Waals surface area contributed by atoms with Crippen molar-refractivity contribution in [3.63, 3.8) is 0 Å². The topological polar surface area (TPSA) is 108 Å². The molecule has 0 aromatic rings. The first-order chi connectivity index (χ1) is 41.5. The molecule has 3 atom stereocenters. The zero-order valence-electron chi connectivity index (χ0n) is 56.3. The van der Waals surface area contributed by atoms with Crippen LogP contribution in [0.3, 0.4) is 0 Å². The number of phosphoric acid groups is 1. The number of nitrogens with one attached hydrogen (secondary N) is 1. The molecule has 0 spiro atoms. The van der Waals surface area contributed by atoms with Crippen molar-refractivity contribution in [3.8, 4) is 0 Å². The maximum atomic E-state index is 13.1. The number of rotatable bonds is 65. The van der Waals surface area contributed by atoms with Crippen molar-refractivity contribution in [1.29, 1.82) is 0 Å². The molecule has 0 saturated carbocycles. The molecule has 8 nitrogen and oxygen atoms in total. The van der Waals surface area contributed by atoms with Crippen LogP contribution in [-0.2, 0) is 18.4 Å². The van der Waals surface area contributed by atoms with Gasteiger partial charge >= 0.3 is 0 Å². The molecule has 0 fully saturated rings. The monoisotopic (exact) mass is 1210 g/mol. The lowest BCUT2D eigenvalue weighted by molar-refractivity contribution is -0.870. The Labute approximate surface area is 527 Å². The van der Waals surface area contributed by atoms with Crippen LogP contribution in [0.15, 0.2) is 109 Å². The third kappa shape index (κ3) is 68.5. The molecule has 0 aliphatic carbocycles. The molecule has 0 aromatic heterocycles. The number of hydrogen-bond donors (Lipinski definition) is 2. The summed E-state index contributed by atoms with van der Waals surface area (Å²) in [5.74, 6) is -0.168. The maximum Gasteiger partial charge on any atom is 0.268 e. The van der Waals surface area contributed by atoms with Crippen molar-refractivity contribution >= 4 is 13.7 Å². The second-order valence-corrected chi connectivity index (χ2v) is 26.6. The Bertz CT molecular complexity index is 1760. The van der Waals surface area contributed by atoms with Crippen LogP contribution in [0.4, 0.5) is 0 Å². The van der Waals surface area contributed by atoms with E-state index in [1.165, 1.54) is 193 Å². The van der Waals surface area contributed by atoms with Gasteiger partial charge in [-0.05, 0) is 83.5 Å². The van der Waals surface area contributed by atoms with Gasteiger partial charge in [-0.1, -0.05) is 335 Å². The zero-order chi connectivity index (χ0) is 61.9. The fraction of sp³-hybridized carbons (Fsp3) is 0.750. The summed E-state index contributed by atoms with van der Waals surface area (Å²) >= 11 is 0. The largest absolute Gasteiger partial charge is 0.756 e. The number of aliphatic hydroxyl groups excluding tert-OH is 1. The highest BCUT2D eigenvalue weighted by Crippen LogP contribution is 2.38. The Balaban J connectivity index is 4.06. The van der Waals surface area contributed by atoms with Crippen molar-refractivity contribution in [2.45, 2.75) is 328 Å². The van der Waals surface area contributed by atoms with Gasteiger partial charge < -0.3 is 28.8 Å². The van der Waals surface area contributed by atoms with E-state index >= 15 is 0 Å². The summed E-state index contributed by atoms with van der Waals surface area (Å²) in [4.78, 5) is 25.7. The van der Waals surface area contributed by atoms with Gasteiger partial charge in [-0.3, -0.25) is 9.36 Å². The number of carbonyl (C=O) groups excluding carboxylic acids is 1. The highest BCUT2D eigenvalue weighted by Gasteiger charge is 2.24. The summed E-state index contributed by atoms with van der Waals surface area (Å²) in [7, 11) is 1.30. The van der Waals surface area contributed by atoms with Crippen molar-refractivity contribution in [1.82, 2.24) is 5.32 Å². The normalized spacial score (nSPS) is 14.3. The number of quaternary nitrogens is 1. The Morgan fingerprint density at radius 3 is 1.05 bits per heavy atom. The predicted molar refractivity (Wildman–Crippen MR) is 371 cm³/mol. The Kier molecular flexibility index (Phi) is 63.4. The van der Waals surface area contributed by atoms with Gasteiger partial charge in [-0.25, -0.2) is 0 Å². The number of carbonyl (C=O) groups is 1. The predicted octanol–water partition coefficient (Wildman–Crippen LogP) is 22.4. The average molecular weight is 1210 g/mol. The van der Waals surface area contributed by atoms with Gasteiger partial charge in [0.25, 0.3) is 7.82 Å². The summed E-state index contributed by atoms with van der Waals surface area (Å²) in [6, 6.07) is -0.810. The highest BCUT2D eigenvalue weighted by atomic mass is 31.2. The van der Waals surface area contributed by atoms with E-state index in [0.717, 1.165) is 96.3 Å². The second kappa shape index (κ2) is 65.6. The minimum Gasteiger partial charge on any atom is -0.756 e. The smallest absolute Gasteiger partial charge is 0.268 e. The molecule has 0 aromatic carbocycles. The quantitative estimate of drug-likeness (QED) is 0.0272. The molecular formula is C76H137N2O6P. The van der Waals surface area contributed by atoms with Crippen LogP contribution in [0.1, 0.15) is 316 Å². The first-order valence-corrected chi connectivity index (χ1v) is 37.2. The van der Waals surface area contributed by atoms with Crippen LogP contribution in [0, 0.1) is 0 Å². The van der Waals surface area contributed by atoms with Crippen LogP contribution < -0.4 is 10.2 Å². The maximum absolute atomic E-state index is 13.1. The molecule has 0 aliphatic rings. The number of allylic oxidation sites excluding steroid dienone is 18. The lowest BCUT2D eigenvalue weighted by atomic mass is 10.0. The molecule has 0 rings (SSSR count). The van der Waals surface area contributed by atoms with Crippen LogP contribution in [0.25, 0.3) is 0 Å². The molecule has 0 bridgehead atoms. The standard InChI is InChI=1S/C76H137N2O6P/c1-6-8-10-12-14-16-18-20-22-24-26-28-30-32-33-34-35-36-37-38-39-40-41-42-43-44-45-46-48-50-52-54-56-58-60-62-64-66-68-70-76(80)77-74(73-84-85(81,82)83-72-71-78(3,4)5)75(79)69-67-65-63-61-59-57-55-53-51-49-47-31-29-27-25-23-21-19-17-15-13-11-9-7-2/h8,10,14,16,20,22,26,28,32-33,35-36,38-39,41-42,44-45,74-75,79H,6-7,9,11-13,15,17-19,21,23-25,27,29-31,34,37,40,43,46-73H2,1-5H3,(H-,77,80,81,82)/b10-8-,16-14-,22-20-,28-26-,33-32-,36-35-,39-38-,42-41-,45-44-. The van der Waals surface area contributed by atoms with Crippen LogP contribution in [0.2, 0.25) is 0 Å². The summed E-state index contributed by atoms with van der Waals surface area (Å²) in [6.45, 7) is 4.63. The van der Waals surface area contributed by atoms with Crippen LogP contribution >= 0.6 is 7.82 Å². The Morgan fingerprint density at radius 2 is 0.718 bits per heavy atom. The fourth-order valence-electron chi connectivity index (χ4n) is 10.3. The molecular weight excluding hydrogens is 1070 g/mol. The minimum atomic E-state index is -4.59. The van der Waals surface area contributed by atoms with Gasteiger partial charge in [0.2, 0.25) is 5.91 Å². The third-order valence-electron chi connectivity index (χ3n) is 15.8. The third-order valence-corrected chi connectivity index (χ3v) is 16.7. The van der Waals surface area contributed by atoms with E-state index in [0.29, 0.717) is 23.9 Å². The molecule has 3 unspecified atom stereocenters. The average Bonchev–Trinajstić information content (AvgIpc) is 3.49. The van der Waals surface area contributed by atoms with Crippen molar-refractivity contribution < 1.29 is 32.9 Å². The SMILES string of the molecule is CC/C=C\C/C=C\C/C=C\C/C=C\C/C=C\C/C=C\C/C=C\C/C=C\C/C=C\CCCCCCCCCCCCCC(=O)NC(COP(=O)([O-])OCC[N+](C)(C)C)C(O)CCCCCCCCCCCCCCCCCCCCCCCCCC. The van der Waals surface area contributed by atoms with E-state index in [-0.39, 0.29) is 19.1 Å². The Morgan fingerprint density at radius 1 is 0.424 bits per heavy atom. The molecule has 0 heterocycles. The molecule has 492 valence electrons. The summed E-state index contributed by atoms with van der Waals surface area (Å²) < 4.78 is 23.5. The first kappa shape index (κ1) is 82.2.